The predicted octanol–water partition coefficient (Wildman–Crippen LogP) is 3.03. The van der Waals surface area contributed by atoms with Gasteiger partial charge in [-0.05, 0) is 43.9 Å². The van der Waals surface area contributed by atoms with E-state index in [0.29, 0.717) is 0 Å². The molecule has 0 aliphatic rings. The van der Waals surface area contributed by atoms with Gasteiger partial charge in [0.05, 0.1) is 0 Å². The first kappa shape index (κ1) is 14.9. The van der Waals surface area contributed by atoms with Crippen molar-refractivity contribution in [2.75, 3.05) is 30.0 Å². The van der Waals surface area contributed by atoms with Crippen molar-refractivity contribution in [3.05, 3.63) is 29.8 Å². The highest BCUT2D eigenvalue weighted by Gasteiger charge is 2.09. The summed E-state index contributed by atoms with van der Waals surface area (Å²) in [5.41, 5.74) is 2.18. The van der Waals surface area contributed by atoms with Gasteiger partial charge in [-0.15, -0.1) is 0 Å². The number of unbranched alkanes of at least 4 members (excludes halogenated alkanes) is 1. The van der Waals surface area contributed by atoms with Crippen molar-refractivity contribution in [1.29, 1.82) is 0 Å². The summed E-state index contributed by atoms with van der Waals surface area (Å²) in [6, 6.07) is 8.03. The van der Waals surface area contributed by atoms with E-state index in [1.165, 1.54) is 5.56 Å². The fourth-order valence-corrected chi connectivity index (χ4v) is 2.26. The Morgan fingerprint density at radius 1 is 1.28 bits per heavy atom. The van der Waals surface area contributed by atoms with Crippen molar-refractivity contribution in [1.82, 2.24) is 0 Å². The van der Waals surface area contributed by atoms with Gasteiger partial charge in [-0.1, -0.05) is 17.7 Å². The van der Waals surface area contributed by atoms with Crippen molar-refractivity contribution < 1.29 is 9.90 Å². The molecule has 0 spiro atoms. The highest BCUT2D eigenvalue weighted by Crippen LogP contribution is 2.16. The van der Waals surface area contributed by atoms with Crippen molar-refractivity contribution in [2.45, 2.75) is 19.8 Å². The van der Waals surface area contributed by atoms with E-state index < -0.39 is 5.97 Å². The molecule has 3 nitrogen and oxygen atoms in total. The lowest BCUT2D eigenvalue weighted by Gasteiger charge is -2.23. The molecule has 0 aromatic heterocycles. The SMILES string of the molecule is CSCCCCN(CC(=O)O)c1ccc(C)cc1. The monoisotopic (exact) mass is 267 g/mol. The summed E-state index contributed by atoms with van der Waals surface area (Å²) in [6.07, 6.45) is 4.25. The third-order valence-corrected chi connectivity index (χ3v) is 3.45. The molecule has 1 aromatic carbocycles. The smallest absolute Gasteiger partial charge is 0.323 e. The van der Waals surface area contributed by atoms with Crippen molar-refractivity contribution >= 4 is 23.4 Å². The average Bonchev–Trinajstić information content (AvgIpc) is 2.34. The van der Waals surface area contributed by atoms with Gasteiger partial charge in [0.1, 0.15) is 6.54 Å². The van der Waals surface area contributed by atoms with Crippen molar-refractivity contribution in [3.63, 3.8) is 0 Å². The molecule has 0 aliphatic heterocycles. The molecule has 0 unspecified atom stereocenters. The van der Waals surface area contributed by atoms with E-state index in [1.807, 2.05) is 47.9 Å². The van der Waals surface area contributed by atoms with Gasteiger partial charge in [0.15, 0.2) is 0 Å². The van der Waals surface area contributed by atoms with Crippen LogP contribution in [0.1, 0.15) is 18.4 Å². The molecule has 1 N–H and O–H groups in total. The standard InChI is InChI=1S/C14H21NO2S/c1-12-5-7-13(8-6-12)15(11-14(16)17)9-3-4-10-18-2/h5-8H,3-4,9-11H2,1-2H3,(H,16,17). The van der Waals surface area contributed by atoms with Crippen LogP contribution < -0.4 is 4.90 Å². The number of nitrogens with zero attached hydrogens (tertiary/aromatic N) is 1. The molecule has 0 amide bonds. The maximum Gasteiger partial charge on any atom is 0.323 e. The molecule has 0 aliphatic carbocycles. The minimum absolute atomic E-state index is 0.0718. The molecule has 0 saturated carbocycles. The molecule has 1 aromatic rings. The Hall–Kier alpha value is -1.16. The molecule has 0 bridgehead atoms. The van der Waals surface area contributed by atoms with Gasteiger partial charge in [0.2, 0.25) is 0 Å². The van der Waals surface area contributed by atoms with Crippen LogP contribution in [0.5, 0.6) is 0 Å². The predicted molar refractivity (Wildman–Crippen MR) is 78.6 cm³/mol. The number of carboxylic acids is 1. The van der Waals surface area contributed by atoms with E-state index >= 15 is 0 Å². The number of carbonyl (C=O) groups is 1. The van der Waals surface area contributed by atoms with Crippen LogP contribution in [0.4, 0.5) is 5.69 Å². The Bertz CT molecular complexity index is 365. The third kappa shape index (κ3) is 5.45. The van der Waals surface area contributed by atoms with Gasteiger partial charge >= 0.3 is 5.97 Å². The van der Waals surface area contributed by atoms with Crippen LogP contribution in [-0.2, 0) is 4.79 Å². The maximum atomic E-state index is 10.9. The molecule has 0 radical (unpaired) electrons. The fraction of sp³-hybridized carbons (Fsp3) is 0.500. The Balaban J connectivity index is 2.59. The van der Waals surface area contributed by atoms with Gasteiger partial charge in [-0.3, -0.25) is 4.79 Å². The van der Waals surface area contributed by atoms with Crippen molar-refractivity contribution in [2.24, 2.45) is 0 Å². The lowest BCUT2D eigenvalue weighted by Crippen LogP contribution is -2.30. The number of carboxylic acid groups (broad SMARTS) is 1. The third-order valence-electron chi connectivity index (χ3n) is 2.75. The summed E-state index contributed by atoms with van der Waals surface area (Å²) >= 11 is 1.83. The van der Waals surface area contributed by atoms with E-state index in [0.717, 1.165) is 30.8 Å². The maximum absolute atomic E-state index is 10.9. The number of anilines is 1. The zero-order valence-electron chi connectivity index (χ0n) is 11.1. The number of aliphatic carboxylic acids is 1. The number of rotatable bonds is 8. The van der Waals surface area contributed by atoms with Crippen LogP contribution in [-0.4, -0.2) is 36.2 Å². The van der Waals surface area contributed by atoms with Gasteiger partial charge in [0, 0.05) is 12.2 Å². The molecule has 4 heteroatoms. The number of benzene rings is 1. The first-order valence-electron chi connectivity index (χ1n) is 6.16. The molecular formula is C14H21NO2S. The van der Waals surface area contributed by atoms with Crippen LogP contribution in [0.15, 0.2) is 24.3 Å². The number of thioether (sulfide) groups is 1. The number of hydrogen-bond donors (Lipinski definition) is 1. The van der Waals surface area contributed by atoms with E-state index in [2.05, 4.69) is 6.26 Å². The summed E-state index contributed by atoms with van der Waals surface area (Å²) in [6.45, 7) is 2.90. The highest BCUT2D eigenvalue weighted by atomic mass is 32.2. The van der Waals surface area contributed by atoms with E-state index in [4.69, 9.17) is 5.11 Å². The van der Waals surface area contributed by atoms with Crippen LogP contribution in [0, 0.1) is 6.92 Å². The summed E-state index contributed by atoms with van der Waals surface area (Å²) < 4.78 is 0. The Labute approximate surface area is 113 Å². The molecule has 0 fully saturated rings. The first-order valence-corrected chi connectivity index (χ1v) is 7.55. The minimum Gasteiger partial charge on any atom is -0.480 e. The van der Waals surface area contributed by atoms with Crippen molar-refractivity contribution in [3.8, 4) is 0 Å². The van der Waals surface area contributed by atoms with E-state index in [-0.39, 0.29) is 6.54 Å². The Morgan fingerprint density at radius 3 is 2.50 bits per heavy atom. The normalized spacial score (nSPS) is 10.3. The zero-order valence-corrected chi connectivity index (χ0v) is 11.9. The fourth-order valence-electron chi connectivity index (χ4n) is 1.77. The van der Waals surface area contributed by atoms with Crippen LogP contribution in [0.25, 0.3) is 0 Å². The van der Waals surface area contributed by atoms with E-state index in [9.17, 15) is 4.79 Å². The molecule has 0 atom stereocenters. The lowest BCUT2D eigenvalue weighted by atomic mass is 10.2. The summed E-state index contributed by atoms with van der Waals surface area (Å²) in [5, 5.41) is 8.96. The van der Waals surface area contributed by atoms with Gasteiger partial charge in [-0.2, -0.15) is 11.8 Å². The quantitative estimate of drug-likeness (QED) is 0.735. The van der Waals surface area contributed by atoms with Gasteiger partial charge in [-0.25, -0.2) is 0 Å². The molecule has 18 heavy (non-hydrogen) atoms. The second-order valence-corrected chi connectivity index (χ2v) is 5.34. The highest BCUT2D eigenvalue weighted by molar-refractivity contribution is 7.98. The zero-order chi connectivity index (χ0) is 13.4. The second-order valence-electron chi connectivity index (χ2n) is 4.35. The topological polar surface area (TPSA) is 40.5 Å². The summed E-state index contributed by atoms with van der Waals surface area (Å²) in [4.78, 5) is 12.8. The van der Waals surface area contributed by atoms with Crippen LogP contribution in [0.3, 0.4) is 0 Å². The molecule has 1 rings (SSSR count). The molecule has 0 heterocycles. The Kier molecular flexibility index (Phi) is 6.65. The summed E-state index contributed by atoms with van der Waals surface area (Å²) in [5.74, 6) is 0.356. The average molecular weight is 267 g/mol. The van der Waals surface area contributed by atoms with E-state index in [1.54, 1.807) is 0 Å². The number of hydrogen-bond acceptors (Lipinski definition) is 3. The second kappa shape index (κ2) is 8.03. The lowest BCUT2D eigenvalue weighted by molar-refractivity contribution is -0.135. The largest absolute Gasteiger partial charge is 0.480 e. The van der Waals surface area contributed by atoms with Gasteiger partial charge < -0.3 is 10.0 Å². The van der Waals surface area contributed by atoms with Crippen LogP contribution >= 0.6 is 11.8 Å². The molecular weight excluding hydrogens is 246 g/mol. The first-order chi connectivity index (χ1) is 8.63. The molecule has 100 valence electrons. The minimum atomic E-state index is -0.777. The number of aryl methyl sites for hydroxylation is 1. The Morgan fingerprint density at radius 2 is 1.94 bits per heavy atom. The van der Waals surface area contributed by atoms with Crippen LogP contribution in [0.2, 0.25) is 0 Å². The van der Waals surface area contributed by atoms with Gasteiger partial charge in [0.25, 0.3) is 0 Å². The molecule has 0 saturated heterocycles. The summed E-state index contributed by atoms with van der Waals surface area (Å²) in [7, 11) is 0.